The Balaban J connectivity index is 1.75. The molecular weight excluding hydrogens is 278 g/mol. The summed E-state index contributed by atoms with van der Waals surface area (Å²) in [6.07, 6.45) is 1.76. The van der Waals surface area contributed by atoms with Crippen LogP contribution < -0.4 is 10.2 Å². The Morgan fingerprint density at radius 2 is 2.25 bits per heavy atom. The summed E-state index contributed by atoms with van der Waals surface area (Å²) in [5.74, 6) is 0.518. The lowest BCUT2D eigenvalue weighted by atomic mass is 10.4. The number of carbonyl (C=O) groups is 1. The van der Waals surface area contributed by atoms with E-state index in [1.807, 2.05) is 0 Å². The van der Waals surface area contributed by atoms with Crippen LogP contribution in [0.2, 0.25) is 0 Å². The number of Topliss-reactive ketones (excluding diaryl/α,β-unsaturated/α-hetero) is 1. The molecule has 0 saturated carbocycles. The van der Waals surface area contributed by atoms with E-state index in [-0.39, 0.29) is 12.3 Å². The van der Waals surface area contributed by atoms with Crippen molar-refractivity contribution < 1.29 is 4.79 Å². The molecule has 9 heteroatoms. The molecule has 0 amide bonds. The van der Waals surface area contributed by atoms with Gasteiger partial charge in [-0.2, -0.15) is 4.80 Å². The fourth-order valence-electron chi connectivity index (χ4n) is 1.98. The highest BCUT2D eigenvalue weighted by Crippen LogP contribution is 2.28. The summed E-state index contributed by atoms with van der Waals surface area (Å²) in [5.41, 5.74) is 0. The maximum absolute atomic E-state index is 11.0. The number of carbonyl (C=O) groups excluding carboxylic acids is 1. The molecule has 3 rings (SSSR count). The number of rotatable bonds is 4. The van der Waals surface area contributed by atoms with Crippen LogP contribution in [0.25, 0.3) is 10.7 Å². The second kappa shape index (κ2) is 5.63. The van der Waals surface area contributed by atoms with Gasteiger partial charge in [0.15, 0.2) is 10.9 Å². The van der Waals surface area contributed by atoms with Gasteiger partial charge in [0.2, 0.25) is 5.82 Å². The van der Waals surface area contributed by atoms with Crippen LogP contribution in [0.5, 0.6) is 0 Å². The molecule has 0 aliphatic carbocycles. The average Bonchev–Trinajstić information content (AvgIpc) is 3.07. The molecule has 1 aliphatic rings. The van der Waals surface area contributed by atoms with E-state index in [1.54, 1.807) is 17.5 Å². The van der Waals surface area contributed by atoms with Gasteiger partial charge in [0, 0.05) is 26.2 Å². The van der Waals surface area contributed by atoms with E-state index < -0.39 is 0 Å². The van der Waals surface area contributed by atoms with Crippen LogP contribution >= 0.6 is 11.3 Å². The van der Waals surface area contributed by atoms with E-state index in [9.17, 15) is 4.79 Å². The quantitative estimate of drug-likeness (QED) is 0.834. The summed E-state index contributed by atoms with van der Waals surface area (Å²) in [5, 5.41) is 16.3. The molecule has 3 heterocycles. The second-order valence-corrected chi connectivity index (χ2v) is 5.60. The minimum atomic E-state index is -0.000222. The number of thiazole rings is 1. The Morgan fingerprint density at radius 1 is 1.45 bits per heavy atom. The molecule has 2 aromatic heterocycles. The number of nitrogens with one attached hydrogen (secondary N) is 1. The molecule has 20 heavy (non-hydrogen) atoms. The molecule has 106 valence electrons. The monoisotopic (exact) mass is 293 g/mol. The Morgan fingerprint density at radius 3 is 3.00 bits per heavy atom. The Kier molecular flexibility index (Phi) is 3.70. The summed E-state index contributed by atoms with van der Waals surface area (Å²) in [7, 11) is 0. The normalized spacial score (nSPS) is 15.6. The van der Waals surface area contributed by atoms with Gasteiger partial charge in [0.1, 0.15) is 6.54 Å². The van der Waals surface area contributed by atoms with Crippen LogP contribution in [0.1, 0.15) is 6.92 Å². The Labute approximate surface area is 119 Å². The van der Waals surface area contributed by atoms with Gasteiger partial charge in [-0.3, -0.25) is 4.79 Å². The van der Waals surface area contributed by atoms with E-state index in [0.29, 0.717) is 5.82 Å². The van der Waals surface area contributed by atoms with Gasteiger partial charge in [0.25, 0.3) is 0 Å². The van der Waals surface area contributed by atoms with Crippen molar-refractivity contribution in [2.45, 2.75) is 13.5 Å². The van der Waals surface area contributed by atoms with Crippen molar-refractivity contribution in [1.29, 1.82) is 0 Å². The average molecular weight is 293 g/mol. The summed E-state index contributed by atoms with van der Waals surface area (Å²) in [6.45, 7) is 5.51. The van der Waals surface area contributed by atoms with E-state index >= 15 is 0 Å². The number of piperazine rings is 1. The highest BCUT2D eigenvalue weighted by molar-refractivity contribution is 7.18. The third kappa shape index (κ3) is 2.83. The highest BCUT2D eigenvalue weighted by atomic mass is 32.1. The molecule has 0 atom stereocenters. The highest BCUT2D eigenvalue weighted by Gasteiger charge is 2.16. The first-order chi connectivity index (χ1) is 9.72. The third-order valence-electron chi connectivity index (χ3n) is 2.92. The second-order valence-electron chi connectivity index (χ2n) is 4.59. The number of hydrogen-bond acceptors (Lipinski definition) is 8. The zero-order chi connectivity index (χ0) is 13.9. The maximum Gasteiger partial charge on any atom is 0.216 e. The van der Waals surface area contributed by atoms with Gasteiger partial charge < -0.3 is 10.2 Å². The van der Waals surface area contributed by atoms with Crippen LogP contribution in [0.15, 0.2) is 6.20 Å². The molecule has 1 saturated heterocycles. The van der Waals surface area contributed by atoms with E-state index in [1.165, 1.54) is 11.7 Å². The van der Waals surface area contributed by atoms with Gasteiger partial charge in [-0.25, -0.2) is 4.98 Å². The van der Waals surface area contributed by atoms with Gasteiger partial charge in [-0.05, 0) is 12.1 Å². The number of nitrogens with zero attached hydrogens (tertiary/aromatic N) is 6. The number of anilines is 1. The van der Waals surface area contributed by atoms with Crippen molar-refractivity contribution in [2.24, 2.45) is 0 Å². The predicted molar refractivity (Wildman–Crippen MR) is 74.7 cm³/mol. The number of aromatic nitrogens is 5. The zero-order valence-corrected chi connectivity index (χ0v) is 11.9. The predicted octanol–water partition coefficient (Wildman–Crippen LogP) is -0.205. The molecule has 0 spiro atoms. The lowest BCUT2D eigenvalue weighted by Gasteiger charge is -2.26. The molecule has 2 aromatic rings. The van der Waals surface area contributed by atoms with Crippen LogP contribution in [-0.2, 0) is 11.3 Å². The number of ketones is 1. The van der Waals surface area contributed by atoms with Gasteiger partial charge >= 0.3 is 0 Å². The lowest BCUT2D eigenvalue weighted by molar-refractivity contribution is -0.117. The SMILES string of the molecule is CC(=O)Cn1nnc(-c2cnc(N3CCNCC3)s2)n1. The van der Waals surface area contributed by atoms with Gasteiger partial charge in [-0.1, -0.05) is 11.3 Å². The largest absolute Gasteiger partial charge is 0.346 e. The minimum Gasteiger partial charge on any atom is -0.346 e. The van der Waals surface area contributed by atoms with Crippen molar-refractivity contribution >= 4 is 22.3 Å². The standard InChI is InChI=1S/C11H15N7OS/c1-8(19)7-18-15-10(14-16-18)9-6-13-11(20-9)17-4-2-12-3-5-17/h6,12H,2-5,7H2,1H3. The summed E-state index contributed by atoms with van der Waals surface area (Å²) < 4.78 is 0. The van der Waals surface area contributed by atoms with Crippen LogP contribution in [0.3, 0.4) is 0 Å². The van der Waals surface area contributed by atoms with Gasteiger partial charge in [0.05, 0.1) is 11.1 Å². The van der Waals surface area contributed by atoms with E-state index in [0.717, 1.165) is 36.2 Å². The maximum atomic E-state index is 11.0. The molecular formula is C11H15N7OS. The molecule has 0 bridgehead atoms. The molecule has 1 aliphatic heterocycles. The summed E-state index contributed by atoms with van der Waals surface area (Å²) in [4.78, 5) is 19.9. The third-order valence-corrected chi connectivity index (χ3v) is 3.97. The fraction of sp³-hybridized carbons (Fsp3) is 0.545. The minimum absolute atomic E-state index is 0.000222. The molecule has 0 radical (unpaired) electrons. The van der Waals surface area contributed by atoms with Crippen LogP contribution in [0.4, 0.5) is 5.13 Å². The molecule has 0 aromatic carbocycles. The van der Waals surface area contributed by atoms with Crippen LogP contribution in [0, 0.1) is 0 Å². The van der Waals surface area contributed by atoms with Crippen LogP contribution in [-0.4, -0.2) is 57.2 Å². The van der Waals surface area contributed by atoms with E-state index in [2.05, 4.69) is 30.6 Å². The first kappa shape index (κ1) is 13.1. The Hall–Kier alpha value is -1.87. The van der Waals surface area contributed by atoms with Crippen molar-refractivity contribution in [3.63, 3.8) is 0 Å². The lowest BCUT2D eigenvalue weighted by Crippen LogP contribution is -2.43. The van der Waals surface area contributed by atoms with Crippen molar-refractivity contribution in [1.82, 2.24) is 30.5 Å². The molecule has 8 nitrogen and oxygen atoms in total. The first-order valence-electron chi connectivity index (χ1n) is 6.41. The van der Waals surface area contributed by atoms with E-state index in [4.69, 9.17) is 0 Å². The first-order valence-corrected chi connectivity index (χ1v) is 7.23. The molecule has 1 fully saturated rings. The Bertz CT molecular complexity index is 601. The van der Waals surface area contributed by atoms with Gasteiger partial charge in [-0.15, -0.1) is 10.2 Å². The fourth-order valence-corrected chi connectivity index (χ4v) is 2.87. The summed E-state index contributed by atoms with van der Waals surface area (Å²) in [6, 6.07) is 0. The summed E-state index contributed by atoms with van der Waals surface area (Å²) >= 11 is 1.55. The number of tetrazole rings is 1. The van der Waals surface area contributed by atoms with Crippen molar-refractivity contribution in [3.8, 4) is 10.7 Å². The molecule has 1 N–H and O–H groups in total. The zero-order valence-electron chi connectivity index (χ0n) is 11.1. The van der Waals surface area contributed by atoms with Crippen molar-refractivity contribution in [3.05, 3.63) is 6.20 Å². The smallest absolute Gasteiger partial charge is 0.216 e. The van der Waals surface area contributed by atoms with Crippen molar-refractivity contribution in [2.75, 3.05) is 31.1 Å². The number of hydrogen-bond donors (Lipinski definition) is 1. The topological polar surface area (TPSA) is 88.8 Å². The molecule has 0 unspecified atom stereocenters.